The first-order chi connectivity index (χ1) is 6.20. The molecule has 0 radical (unpaired) electrons. The Morgan fingerprint density at radius 2 is 1.69 bits per heavy atom. The zero-order valence-electron chi connectivity index (χ0n) is 8.21. The first-order valence-electron chi connectivity index (χ1n) is 4.97. The SMILES string of the molecule is CC(=O)CCC(=O)N1CCCCC1. The minimum Gasteiger partial charge on any atom is -0.343 e. The fraction of sp³-hybridized carbons (Fsp3) is 0.800. The Morgan fingerprint density at radius 1 is 1.08 bits per heavy atom. The third kappa shape index (κ3) is 3.57. The van der Waals surface area contributed by atoms with E-state index in [0.29, 0.717) is 12.8 Å². The van der Waals surface area contributed by atoms with Crippen LogP contribution in [-0.4, -0.2) is 29.7 Å². The van der Waals surface area contributed by atoms with Crippen LogP contribution in [0.5, 0.6) is 0 Å². The molecule has 1 saturated heterocycles. The number of ketones is 1. The van der Waals surface area contributed by atoms with Gasteiger partial charge in [0.05, 0.1) is 0 Å². The van der Waals surface area contributed by atoms with Crippen LogP contribution in [0.15, 0.2) is 0 Å². The Kier molecular flexibility index (Phi) is 3.93. The number of piperidine rings is 1. The zero-order valence-corrected chi connectivity index (χ0v) is 8.21. The smallest absolute Gasteiger partial charge is 0.223 e. The van der Waals surface area contributed by atoms with Crippen LogP contribution in [0.2, 0.25) is 0 Å². The van der Waals surface area contributed by atoms with Gasteiger partial charge in [-0.2, -0.15) is 0 Å². The molecule has 1 rings (SSSR count). The monoisotopic (exact) mass is 183 g/mol. The molecule has 1 heterocycles. The van der Waals surface area contributed by atoms with E-state index in [-0.39, 0.29) is 11.7 Å². The quantitative estimate of drug-likeness (QED) is 0.662. The summed E-state index contributed by atoms with van der Waals surface area (Å²) in [6.07, 6.45) is 4.26. The number of Topliss-reactive ketones (excluding diaryl/α,β-unsaturated/α-hetero) is 1. The highest BCUT2D eigenvalue weighted by atomic mass is 16.2. The second kappa shape index (κ2) is 5.00. The average molecular weight is 183 g/mol. The van der Waals surface area contributed by atoms with Crippen LogP contribution < -0.4 is 0 Å². The molecule has 3 nitrogen and oxygen atoms in total. The van der Waals surface area contributed by atoms with Crippen molar-refractivity contribution in [1.29, 1.82) is 0 Å². The Hall–Kier alpha value is -0.860. The largest absolute Gasteiger partial charge is 0.343 e. The van der Waals surface area contributed by atoms with Gasteiger partial charge in [-0.25, -0.2) is 0 Å². The van der Waals surface area contributed by atoms with Gasteiger partial charge in [-0.15, -0.1) is 0 Å². The van der Waals surface area contributed by atoms with Gasteiger partial charge in [0.15, 0.2) is 0 Å². The Bertz CT molecular complexity index is 195. The van der Waals surface area contributed by atoms with E-state index in [1.165, 1.54) is 13.3 Å². The molecule has 3 heteroatoms. The van der Waals surface area contributed by atoms with Crippen LogP contribution in [-0.2, 0) is 9.59 Å². The summed E-state index contributed by atoms with van der Waals surface area (Å²) in [7, 11) is 0. The Morgan fingerprint density at radius 3 is 2.23 bits per heavy atom. The van der Waals surface area contributed by atoms with Gasteiger partial charge in [0.2, 0.25) is 5.91 Å². The standard InChI is InChI=1S/C10H17NO2/c1-9(12)5-6-10(13)11-7-3-2-4-8-11/h2-8H2,1H3. The van der Waals surface area contributed by atoms with Crippen molar-refractivity contribution in [2.75, 3.05) is 13.1 Å². The van der Waals surface area contributed by atoms with E-state index in [9.17, 15) is 9.59 Å². The van der Waals surface area contributed by atoms with Gasteiger partial charge in [0.25, 0.3) is 0 Å². The number of carbonyl (C=O) groups excluding carboxylic acids is 2. The van der Waals surface area contributed by atoms with Crippen molar-refractivity contribution < 1.29 is 9.59 Å². The van der Waals surface area contributed by atoms with E-state index in [0.717, 1.165) is 25.9 Å². The van der Waals surface area contributed by atoms with E-state index in [1.54, 1.807) is 0 Å². The molecule has 0 atom stereocenters. The van der Waals surface area contributed by atoms with Crippen molar-refractivity contribution >= 4 is 11.7 Å². The lowest BCUT2D eigenvalue weighted by molar-refractivity contribution is -0.133. The first kappa shape index (κ1) is 10.2. The lowest BCUT2D eigenvalue weighted by atomic mass is 10.1. The van der Waals surface area contributed by atoms with Crippen LogP contribution in [0.4, 0.5) is 0 Å². The predicted molar refractivity (Wildman–Crippen MR) is 50.3 cm³/mol. The van der Waals surface area contributed by atoms with Gasteiger partial charge in [-0.3, -0.25) is 4.79 Å². The molecule has 1 fully saturated rings. The number of hydrogen-bond acceptors (Lipinski definition) is 2. The highest BCUT2D eigenvalue weighted by Gasteiger charge is 2.15. The summed E-state index contributed by atoms with van der Waals surface area (Å²) in [4.78, 5) is 24.0. The second-order valence-electron chi connectivity index (χ2n) is 3.64. The molecule has 0 N–H and O–H groups in total. The molecule has 0 saturated carbocycles. The van der Waals surface area contributed by atoms with Crippen molar-refractivity contribution in [2.24, 2.45) is 0 Å². The molecule has 1 aliphatic heterocycles. The average Bonchev–Trinajstić information content (AvgIpc) is 2.15. The fourth-order valence-corrected chi connectivity index (χ4v) is 1.58. The van der Waals surface area contributed by atoms with E-state index in [1.807, 2.05) is 4.90 Å². The van der Waals surface area contributed by atoms with Crippen molar-refractivity contribution in [3.63, 3.8) is 0 Å². The molecule has 0 aromatic heterocycles. The summed E-state index contributed by atoms with van der Waals surface area (Å²) in [6.45, 7) is 3.30. The molecule has 0 aromatic carbocycles. The van der Waals surface area contributed by atoms with Gasteiger partial charge < -0.3 is 9.69 Å². The molecule has 0 spiro atoms. The summed E-state index contributed by atoms with van der Waals surface area (Å²) in [5.41, 5.74) is 0. The molecule has 0 bridgehead atoms. The van der Waals surface area contributed by atoms with Crippen LogP contribution >= 0.6 is 0 Å². The lowest BCUT2D eigenvalue weighted by Crippen LogP contribution is -2.35. The minimum absolute atomic E-state index is 0.102. The van der Waals surface area contributed by atoms with Gasteiger partial charge in [0.1, 0.15) is 5.78 Å². The molecule has 0 aromatic rings. The Balaban J connectivity index is 2.25. The number of likely N-dealkylation sites (tertiary alicyclic amines) is 1. The number of rotatable bonds is 3. The maximum atomic E-state index is 11.5. The summed E-state index contributed by atoms with van der Waals surface area (Å²) in [5, 5.41) is 0. The highest BCUT2D eigenvalue weighted by molar-refractivity contribution is 5.83. The highest BCUT2D eigenvalue weighted by Crippen LogP contribution is 2.10. The van der Waals surface area contributed by atoms with Crippen LogP contribution in [0, 0.1) is 0 Å². The number of nitrogens with zero attached hydrogens (tertiary/aromatic N) is 1. The molecule has 74 valence electrons. The third-order valence-corrected chi connectivity index (χ3v) is 2.40. The van der Waals surface area contributed by atoms with Gasteiger partial charge in [0, 0.05) is 25.9 Å². The topological polar surface area (TPSA) is 37.4 Å². The maximum absolute atomic E-state index is 11.5. The van der Waals surface area contributed by atoms with E-state index in [2.05, 4.69) is 0 Å². The van der Waals surface area contributed by atoms with E-state index in [4.69, 9.17) is 0 Å². The number of hydrogen-bond donors (Lipinski definition) is 0. The van der Waals surface area contributed by atoms with Crippen molar-refractivity contribution in [1.82, 2.24) is 4.90 Å². The molecule has 13 heavy (non-hydrogen) atoms. The molecular formula is C10H17NO2. The summed E-state index contributed by atoms with van der Waals surface area (Å²) >= 11 is 0. The summed E-state index contributed by atoms with van der Waals surface area (Å²) in [6, 6.07) is 0. The fourth-order valence-electron chi connectivity index (χ4n) is 1.58. The first-order valence-corrected chi connectivity index (χ1v) is 4.97. The third-order valence-electron chi connectivity index (χ3n) is 2.40. The van der Waals surface area contributed by atoms with Gasteiger partial charge in [-0.05, 0) is 26.2 Å². The second-order valence-corrected chi connectivity index (χ2v) is 3.64. The summed E-state index contributed by atoms with van der Waals surface area (Å²) < 4.78 is 0. The molecular weight excluding hydrogens is 166 g/mol. The van der Waals surface area contributed by atoms with Crippen LogP contribution in [0.3, 0.4) is 0 Å². The maximum Gasteiger partial charge on any atom is 0.223 e. The number of carbonyl (C=O) groups is 2. The number of amides is 1. The van der Waals surface area contributed by atoms with E-state index < -0.39 is 0 Å². The lowest BCUT2D eigenvalue weighted by Gasteiger charge is -2.26. The normalized spacial score (nSPS) is 17.2. The van der Waals surface area contributed by atoms with Crippen molar-refractivity contribution in [2.45, 2.75) is 39.0 Å². The molecule has 0 aliphatic carbocycles. The summed E-state index contributed by atoms with van der Waals surface area (Å²) in [5.74, 6) is 0.250. The molecule has 0 unspecified atom stereocenters. The van der Waals surface area contributed by atoms with Crippen molar-refractivity contribution in [3.8, 4) is 0 Å². The molecule has 1 amide bonds. The molecule has 1 aliphatic rings. The van der Waals surface area contributed by atoms with Crippen LogP contribution in [0.1, 0.15) is 39.0 Å². The van der Waals surface area contributed by atoms with Crippen molar-refractivity contribution in [3.05, 3.63) is 0 Å². The van der Waals surface area contributed by atoms with Gasteiger partial charge in [-0.1, -0.05) is 0 Å². The van der Waals surface area contributed by atoms with Gasteiger partial charge >= 0.3 is 0 Å². The Labute approximate surface area is 79.1 Å². The van der Waals surface area contributed by atoms with E-state index >= 15 is 0 Å². The zero-order chi connectivity index (χ0) is 9.68. The minimum atomic E-state index is 0.102. The van der Waals surface area contributed by atoms with Crippen LogP contribution in [0.25, 0.3) is 0 Å². The predicted octanol–water partition coefficient (Wildman–Crippen LogP) is 1.37.